The van der Waals surface area contributed by atoms with Crippen LogP contribution in [0.4, 0.5) is 20.5 Å². The highest BCUT2D eigenvalue weighted by Crippen LogP contribution is 2.29. The van der Waals surface area contributed by atoms with Crippen molar-refractivity contribution in [3.8, 4) is 11.3 Å². The monoisotopic (exact) mass is 462 g/mol. The van der Waals surface area contributed by atoms with Crippen molar-refractivity contribution in [2.24, 2.45) is 0 Å². The number of pyridine rings is 1. The van der Waals surface area contributed by atoms with Crippen LogP contribution in [0.5, 0.6) is 0 Å². The topological polar surface area (TPSA) is 103 Å². The van der Waals surface area contributed by atoms with Crippen LogP contribution in [-0.2, 0) is 0 Å². The molecule has 1 aliphatic rings. The van der Waals surface area contributed by atoms with Gasteiger partial charge in [-0.15, -0.1) is 0 Å². The Morgan fingerprint density at radius 2 is 2.00 bits per heavy atom. The van der Waals surface area contributed by atoms with Gasteiger partial charge < -0.3 is 20.6 Å². The molecule has 33 heavy (non-hydrogen) atoms. The second kappa shape index (κ2) is 11.8. The number of rotatable bonds is 10. The van der Waals surface area contributed by atoms with Crippen molar-refractivity contribution in [3.63, 3.8) is 0 Å². The van der Waals surface area contributed by atoms with Crippen molar-refractivity contribution >= 4 is 17.7 Å². The van der Waals surface area contributed by atoms with Gasteiger partial charge in [-0.1, -0.05) is 6.92 Å². The average Bonchev–Trinajstić information content (AvgIpc) is 2.84. The van der Waals surface area contributed by atoms with Crippen LogP contribution in [0.15, 0.2) is 24.5 Å². The maximum absolute atomic E-state index is 13.7. The van der Waals surface area contributed by atoms with E-state index in [0.29, 0.717) is 47.8 Å². The summed E-state index contributed by atoms with van der Waals surface area (Å²) in [4.78, 5) is 26.9. The first-order valence-corrected chi connectivity index (χ1v) is 11.4. The van der Waals surface area contributed by atoms with Gasteiger partial charge in [0.1, 0.15) is 18.7 Å². The van der Waals surface area contributed by atoms with Crippen LogP contribution in [0.2, 0.25) is 0 Å². The molecule has 1 atom stereocenters. The lowest BCUT2D eigenvalue weighted by molar-refractivity contribution is 0.0785. The highest BCUT2D eigenvalue weighted by Gasteiger charge is 2.22. The van der Waals surface area contributed by atoms with Gasteiger partial charge in [-0.2, -0.15) is 4.98 Å². The van der Waals surface area contributed by atoms with Gasteiger partial charge in [0.15, 0.2) is 0 Å². The number of nitrogens with zero attached hydrogens (tertiary/aromatic N) is 4. The van der Waals surface area contributed by atoms with Crippen LogP contribution in [0.25, 0.3) is 11.3 Å². The predicted octanol–water partition coefficient (Wildman–Crippen LogP) is 3.46. The first-order chi connectivity index (χ1) is 15.9. The molecule has 0 aromatic carbocycles. The summed E-state index contributed by atoms with van der Waals surface area (Å²) < 4.78 is 26.2. The highest BCUT2D eigenvalue weighted by molar-refractivity contribution is 5.94. The van der Waals surface area contributed by atoms with Crippen molar-refractivity contribution in [2.75, 3.05) is 37.4 Å². The summed E-state index contributed by atoms with van der Waals surface area (Å²) in [6.07, 6.45) is 5.23. The molecule has 10 heteroatoms. The third-order valence-electron chi connectivity index (χ3n) is 5.80. The fraction of sp³-hybridized carbons (Fsp3) is 0.565. The fourth-order valence-electron chi connectivity index (χ4n) is 3.65. The molecule has 2 aromatic rings. The normalized spacial score (nSPS) is 19.1. The molecule has 3 N–H and O–H groups in total. The van der Waals surface area contributed by atoms with E-state index in [1.54, 1.807) is 32.3 Å². The Balaban J connectivity index is 1.83. The summed E-state index contributed by atoms with van der Waals surface area (Å²) in [7, 11) is 1.54. The minimum Gasteiger partial charge on any atom is -0.393 e. The number of halogens is 2. The quantitative estimate of drug-likeness (QED) is 0.497. The zero-order chi connectivity index (χ0) is 23.8. The maximum Gasteiger partial charge on any atom is 0.255 e. The van der Waals surface area contributed by atoms with E-state index >= 15 is 0 Å². The van der Waals surface area contributed by atoms with Crippen molar-refractivity contribution in [3.05, 3.63) is 30.1 Å². The number of hydrogen-bond acceptors (Lipinski definition) is 7. The first kappa shape index (κ1) is 24.8. The first-order valence-electron chi connectivity index (χ1n) is 11.4. The van der Waals surface area contributed by atoms with Crippen LogP contribution >= 0.6 is 0 Å². The molecule has 0 unspecified atom stereocenters. The molecule has 0 radical (unpaired) electrons. The number of aromatic nitrogens is 3. The van der Waals surface area contributed by atoms with E-state index in [1.165, 1.54) is 11.1 Å². The molecule has 0 spiro atoms. The van der Waals surface area contributed by atoms with E-state index in [-0.39, 0.29) is 31.1 Å². The number of carbonyl (C=O) groups is 1. The van der Waals surface area contributed by atoms with Gasteiger partial charge in [0, 0.05) is 38.6 Å². The number of amides is 1. The summed E-state index contributed by atoms with van der Waals surface area (Å²) in [6, 6.07) is 3.48. The summed E-state index contributed by atoms with van der Waals surface area (Å²) in [5.74, 6) is 0.563. The lowest BCUT2D eigenvalue weighted by atomic mass is 9.93. The number of aliphatic hydroxyl groups excluding tert-OH is 1. The maximum atomic E-state index is 13.7. The number of hydrogen-bond donors (Lipinski definition) is 3. The molecule has 1 amide bonds. The third kappa shape index (κ3) is 6.80. The molecule has 1 saturated carbocycles. The summed E-state index contributed by atoms with van der Waals surface area (Å²) >= 11 is 0. The van der Waals surface area contributed by atoms with Gasteiger partial charge in [-0.05, 0) is 44.2 Å². The molecule has 2 aromatic heterocycles. The Labute approximate surface area is 192 Å². The van der Waals surface area contributed by atoms with E-state index in [2.05, 4.69) is 25.6 Å². The second-order valence-electron chi connectivity index (χ2n) is 8.34. The number of alkyl halides is 2. The molecule has 180 valence electrons. The number of aliphatic hydroxyl groups is 1. The Morgan fingerprint density at radius 3 is 2.64 bits per heavy atom. The largest absolute Gasteiger partial charge is 0.393 e. The van der Waals surface area contributed by atoms with Crippen LogP contribution in [0, 0.1) is 0 Å². The van der Waals surface area contributed by atoms with E-state index in [1.807, 2.05) is 0 Å². The average molecular weight is 463 g/mol. The zero-order valence-electron chi connectivity index (χ0n) is 19.1. The van der Waals surface area contributed by atoms with Crippen molar-refractivity contribution in [1.29, 1.82) is 0 Å². The zero-order valence-corrected chi connectivity index (χ0v) is 19.1. The smallest absolute Gasteiger partial charge is 0.255 e. The van der Waals surface area contributed by atoms with Crippen molar-refractivity contribution in [2.45, 2.75) is 57.3 Å². The van der Waals surface area contributed by atoms with Crippen LogP contribution in [0.3, 0.4) is 0 Å². The molecule has 0 bridgehead atoms. The fourth-order valence-corrected chi connectivity index (χ4v) is 3.65. The van der Waals surface area contributed by atoms with Crippen LogP contribution < -0.4 is 10.6 Å². The molecule has 0 aliphatic heterocycles. The summed E-state index contributed by atoms with van der Waals surface area (Å²) in [6.45, 7) is 1.30. The van der Waals surface area contributed by atoms with Gasteiger partial charge in [-0.25, -0.2) is 13.8 Å². The number of nitrogens with one attached hydrogen (secondary N) is 2. The Morgan fingerprint density at radius 1 is 1.24 bits per heavy atom. The van der Waals surface area contributed by atoms with E-state index in [9.17, 15) is 18.7 Å². The summed E-state index contributed by atoms with van der Waals surface area (Å²) in [5, 5.41) is 16.2. The Bertz CT molecular complexity index is 906. The lowest BCUT2D eigenvalue weighted by Gasteiger charge is -2.27. The highest BCUT2D eigenvalue weighted by atomic mass is 19.1. The molecular weight excluding hydrogens is 430 g/mol. The predicted molar refractivity (Wildman–Crippen MR) is 124 cm³/mol. The van der Waals surface area contributed by atoms with Gasteiger partial charge in [0.25, 0.3) is 5.91 Å². The van der Waals surface area contributed by atoms with E-state index < -0.39 is 12.8 Å². The van der Waals surface area contributed by atoms with Gasteiger partial charge >= 0.3 is 0 Å². The van der Waals surface area contributed by atoms with Gasteiger partial charge in [0.2, 0.25) is 5.95 Å². The van der Waals surface area contributed by atoms with Crippen LogP contribution in [-0.4, -0.2) is 76.0 Å². The second-order valence-corrected chi connectivity index (χ2v) is 8.34. The minimum absolute atomic E-state index is 0.0187. The molecule has 0 saturated heterocycles. The molecule has 1 fully saturated rings. The molecule has 8 nitrogen and oxygen atoms in total. The standard InChI is InChI=1S/C23H32F2N6O2/c1-3-16(25)13-27-23-28-14-19(21(30-23)29-17-5-7-18(32)8-6-17)20-9-4-15(12-26-20)22(33)31(2)11-10-24/h4,9,12,14,16-18,32H,3,5-8,10-11,13H2,1-2H3,(H2,27,28,29,30)/t16-,17?,18?/m0/s1. The number of carbonyl (C=O) groups excluding carboxylic acids is 1. The third-order valence-corrected chi connectivity index (χ3v) is 5.80. The van der Waals surface area contributed by atoms with Crippen molar-refractivity contribution in [1.82, 2.24) is 19.9 Å². The van der Waals surface area contributed by atoms with Crippen LogP contribution in [0.1, 0.15) is 49.4 Å². The Hall–Kier alpha value is -2.88. The van der Waals surface area contributed by atoms with E-state index in [0.717, 1.165) is 12.8 Å². The van der Waals surface area contributed by atoms with Crippen molar-refractivity contribution < 1.29 is 18.7 Å². The summed E-state index contributed by atoms with van der Waals surface area (Å²) in [5.41, 5.74) is 1.58. The molecule has 1 aliphatic carbocycles. The molecule has 3 rings (SSSR count). The molecular formula is C23H32F2N6O2. The SMILES string of the molecule is CC[C@H](F)CNc1ncc(-c2ccc(C(=O)N(C)CCF)cn2)c(NC2CCC(O)CC2)n1. The number of anilines is 2. The van der Waals surface area contributed by atoms with E-state index in [4.69, 9.17) is 0 Å². The van der Waals surface area contributed by atoms with Gasteiger partial charge in [-0.3, -0.25) is 9.78 Å². The lowest BCUT2D eigenvalue weighted by Crippen LogP contribution is -2.29. The van der Waals surface area contributed by atoms with Gasteiger partial charge in [0.05, 0.1) is 22.9 Å². The molecule has 2 heterocycles. The Kier molecular flexibility index (Phi) is 8.87. The minimum atomic E-state index is -0.994.